The van der Waals surface area contributed by atoms with Gasteiger partial charge in [0.25, 0.3) is 0 Å². The molecular formula is C19H21Cl4N5. The number of rotatable bonds is 3. The first kappa shape index (κ1) is 21.6. The molecule has 0 bridgehead atoms. The Hall–Kier alpha value is -1.11. The van der Waals surface area contributed by atoms with Crippen molar-refractivity contribution < 1.29 is 0 Å². The Kier molecular flexibility index (Phi) is 6.72. The molecule has 2 aromatic heterocycles. The zero-order chi connectivity index (χ0) is 19.1. The lowest BCUT2D eigenvalue weighted by molar-refractivity contribution is 0.169. The Balaban J connectivity index is 0.00000225. The molecule has 0 saturated carbocycles. The van der Waals surface area contributed by atoms with Crippen LogP contribution in [-0.2, 0) is 0 Å². The van der Waals surface area contributed by atoms with Crippen LogP contribution >= 0.6 is 47.2 Å². The van der Waals surface area contributed by atoms with Gasteiger partial charge in [-0.2, -0.15) is 4.52 Å². The second-order valence-corrected chi connectivity index (χ2v) is 8.36. The summed E-state index contributed by atoms with van der Waals surface area (Å²) >= 11 is 18.7. The fraction of sp³-hybridized carbons (Fsp3) is 0.421. The number of nitrogens with zero attached hydrogens (tertiary/aromatic N) is 5. The molecule has 0 unspecified atom stereocenters. The maximum Gasteiger partial charge on any atom is 0.226 e. The van der Waals surface area contributed by atoms with Crippen molar-refractivity contribution in [1.29, 1.82) is 0 Å². The minimum atomic E-state index is 0. The molecule has 5 nitrogen and oxygen atoms in total. The number of likely N-dealkylation sites (tertiary alicyclic amines) is 1. The Morgan fingerprint density at radius 2 is 1.75 bits per heavy atom. The van der Waals surface area contributed by atoms with Gasteiger partial charge in [-0.3, -0.25) is 0 Å². The van der Waals surface area contributed by atoms with Crippen LogP contribution in [0, 0.1) is 0 Å². The first-order valence-corrected chi connectivity index (χ1v) is 10.2. The Bertz CT molecular complexity index is 980. The summed E-state index contributed by atoms with van der Waals surface area (Å²) in [5.41, 5.74) is 2.10. The minimum absolute atomic E-state index is 0. The molecule has 1 aromatic carbocycles. The number of hydrogen-bond acceptors (Lipinski definition) is 4. The smallest absolute Gasteiger partial charge is 0.226 e. The van der Waals surface area contributed by atoms with Crippen molar-refractivity contribution >= 4 is 52.9 Å². The largest absolute Gasteiger partial charge is 0.301 e. The van der Waals surface area contributed by atoms with Gasteiger partial charge in [0.2, 0.25) is 5.28 Å². The van der Waals surface area contributed by atoms with E-state index < -0.39 is 0 Å². The Morgan fingerprint density at radius 1 is 1.04 bits per heavy atom. The third-order valence-electron chi connectivity index (χ3n) is 5.13. The van der Waals surface area contributed by atoms with E-state index in [-0.39, 0.29) is 17.7 Å². The van der Waals surface area contributed by atoms with Crippen LogP contribution in [0.5, 0.6) is 0 Å². The Morgan fingerprint density at radius 3 is 2.39 bits per heavy atom. The van der Waals surface area contributed by atoms with Gasteiger partial charge in [0.15, 0.2) is 11.5 Å². The van der Waals surface area contributed by atoms with Crippen LogP contribution in [0.25, 0.3) is 16.9 Å². The first-order valence-electron chi connectivity index (χ1n) is 9.05. The number of aromatic nitrogens is 4. The van der Waals surface area contributed by atoms with Gasteiger partial charge in [0, 0.05) is 28.6 Å². The number of fused-ring (bicyclic) bond motifs is 1. The van der Waals surface area contributed by atoms with E-state index >= 15 is 0 Å². The molecule has 1 saturated heterocycles. The fourth-order valence-electron chi connectivity index (χ4n) is 3.55. The molecule has 3 heterocycles. The van der Waals surface area contributed by atoms with Crippen LogP contribution in [0.3, 0.4) is 0 Å². The molecule has 1 aliphatic rings. The topological polar surface area (TPSA) is 46.3 Å². The molecule has 1 aliphatic heterocycles. The highest BCUT2D eigenvalue weighted by atomic mass is 35.5. The summed E-state index contributed by atoms with van der Waals surface area (Å²) in [6.45, 7) is 6.60. The van der Waals surface area contributed by atoms with Gasteiger partial charge in [0.05, 0.1) is 10.7 Å². The maximum atomic E-state index is 6.38. The van der Waals surface area contributed by atoms with Crippen LogP contribution in [0.15, 0.2) is 24.3 Å². The average molecular weight is 461 g/mol. The minimum Gasteiger partial charge on any atom is -0.301 e. The summed E-state index contributed by atoms with van der Waals surface area (Å²) in [6.07, 6.45) is 2.10. The zero-order valence-corrected chi connectivity index (χ0v) is 18.7. The molecule has 0 aliphatic carbocycles. The highest BCUT2D eigenvalue weighted by Crippen LogP contribution is 2.32. The maximum absolute atomic E-state index is 6.38. The van der Waals surface area contributed by atoms with Gasteiger partial charge in [-0.15, -0.1) is 17.5 Å². The van der Waals surface area contributed by atoms with Crippen LogP contribution in [-0.4, -0.2) is 43.6 Å². The van der Waals surface area contributed by atoms with E-state index in [0.29, 0.717) is 33.3 Å². The second-order valence-electron chi connectivity index (χ2n) is 7.18. The van der Waals surface area contributed by atoms with E-state index in [4.69, 9.17) is 39.8 Å². The van der Waals surface area contributed by atoms with Crippen molar-refractivity contribution in [3.63, 3.8) is 0 Å². The number of benzene rings is 1. The van der Waals surface area contributed by atoms with Crippen LogP contribution < -0.4 is 0 Å². The van der Waals surface area contributed by atoms with E-state index in [1.807, 2.05) is 12.1 Å². The molecule has 9 heteroatoms. The van der Waals surface area contributed by atoms with E-state index in [2.05, 4.69) is 28.8 Å². The predicted molar refractivity (Wildman–Crippen MR) is 117 cm³/mol. The third kappa shape index (κ3) is 4.24. The predicted octanol–water partition coefficient (Wildman–Crippen LogP) is 5.76. The standard InChI is InChI=1S/C19H20Cl3N5.ClH/c1-11(2)26-7-5-12(6-8-26)18-24-17-10-16(23-19(22)27(17)25-18)14-4-3-13(20)9-15(14)21;/h3-4,9-12H,5-8H2,1-2H3;1H. The molecule has 0 spiro atoms. The lowest BCUT2D eigenvalue weighted by atomic mass is 9.95. The molecule has 0 radical (unpaired) electrons. The monoisotopic (exact) mass is 459 g/mol. The van der Waals surface area contributed by atoms with Gasteiger partial charge in [-0.1, -0.05) is 23.2 Å². The van der Waals surface area contributed by atoms with Crippen LogP contribution in [0.1, 0.15) is 38.4 Å². The molecule has 3 aromatic rings. The Labute approximate surface area is 185 Å². The van der Waals surface area contributed by atoms with Crippen molar-refractivity contribution in [2.75, 3.05) is 13.1 Å². The summed E-state index contributed by atoms with van der Waals surface area (Å²) in [6, 6.07) is 7.74. The number of hydrogen-bond donors (Lipinski definition) is 0. The fourth-order valence-corrected chi connectivity index (χ4v) is 4.27. The summed E-state index contributed by atoms with van der Waals surface area (Å²) < 4.78 is 1.60. The van der Waals surface area contributed by atoms with Gasteiger partial charge in [0.1, 0.15) is 0 Å². The summed E-state index contributed by atoms with van der Waals surface area (Å²) in [5, 5.41) is 5.99. The van der Waals surface area contributed by atoms with E-state index in [9.17, 15) is 0 Å². The normalized spacial score (nSPS) is 15.9. The van der Waals surface area contributed by atoms with E-state index in [1.165, 1.54) is 0 Å². The van der Waals surface area contributed by atoms with E-state index in [0.717, 1.165) is 37.3 Å². The first-order chi connectivity index (χ1) is 12.9. The molecule has 0 N–H and O–H groups in total. The second kappa shape index (κ2) is 8.72. The summed E-state index contributed by atoms with van der Waals surface area (Å²) in [5.74, 6) is 1.18. The zero-order valence-electron chi connectivity index (χ0n) is 15.6. The molecule has 28 heavy (non-hydrogen) atoms. The van der Waals surface area contributed by atoms with Crippen LogP contribution in [0.4, 0.5) is 0 Å². The van der Waals surface area contributed by atoms with Crippen molar-refractivity contribution in [2.24, 2.45) is 0 Å². The van der Waals surface area contributed by atoms with Crippen molar-refractivity contribution in [3.8, 4) is 11.3 Å². The molecule has 1 fully saturated rings. The van der Waals surface area contributed by atoms with E-state index in [1.54, 1.807) is 16.6 Å². The summed E-state index contributed by atoms with van der Waals surface area (Å²) in [4.78, 5) is 11.7. The SMILES string of the molecule is CC(C)N1CCC(c2nc3cc(-c4ccc(Cl)cc4Cl)nc(Cl)n3n2)CC1.Cl. The quantitative estimate of drug-likeness (QED) is 0.466. The molecule has 0 atom stereocenters. The summed E-state index contributed by atoms with van der Waals surface area (Å²) in [7, 11) is 0. The molecule has 150 valence electrons. The van der Waals surface area contributed by atoms with Crippen LogP contribution in [0.2, 0.25) is 15.3 Å². The van der Waals surface area contributed by atoms with Crippen molar-refractivity contribution in [1.82, 2.24) is 24.5 Å². The number of halogens is 4. The highest BCUT2D eigenvalue weighted by molar-refractivity contribution is 6.36. The van der Waals surface area contributed by atoms with Gasteiger partial charge >= 0.3 is 0 Å². The molecular weight excluding hydrogens is 440 g/mol. The molecule has 4 rings (SSSR count). The lowest BCUT2D eigenvalue weighted by Crippen LogP contribution is -2.38. The van der Waals surface area contributed by atoms with Gasteiger partial charge in [-0.25, -0.2) is 9.97 Å². The third-order valence-corrected chi connectivity index (χ3v) is 5.93. The number of piperidine rings is 1. The molecule has 0 amide bonds. The average Bonchev–Trinajstić information content (AvgIpc) is 3.06. The lowest BCUT2D eigenvalue weighted by Gasteiger charge is -2.33. The van der Waals surface area contributed by atoms with Crippen molar-refractivity contribution in [3.05, 3.63) is 45.4 Å². The highest BCUT2D eigenvalue weighted by Gasteiger charge is 2.25. The van der Waals surface area contributed by atoms with Gasteiger partial charge < -0.3 is 4.90 Å². The van der Waals surface area contributed by atoms with Gasteiger partial charge in [-0.05, 0) is 69.6 Å². The van der Waals surface area contributed by atoms with Crippen molar-refractivity contribution in [2.45, 2.75) is 38.6 Å².